The van der Waals surface area contributed by atoms with Crippen molar-refractivity contribution in [2.45, 2.75) is 104 Å². The van der Waals surface area contributed by atoms with Crippen LogP contribution in [0.4, 0.5) is 0 Å². The summed E-state index contributed by atoms with van der Waals surface area (Å²) in [4.78, 5) is 0. The Bertz CT molecular complexity index is 1250. The summed E-state index contributed by atoms with van der Waals surface area (Å²) in [7, 11) is 0. The van der Waals surface area contributed by atoms with Crippen molar-refractivity contribution < 1.29 is 0 Å². The Morgan fingerprint density at radius 3 is 2.21 bits per heavy atom. The molecule has 0 N–H and O–H groups in total. The van der Waals surface area contributed by atoms with E-state index in [1.807, 2.05) is 0 Å². The molecule has 0 spiro atoms. The van der Waals surface area contributed by atoms with Gasteiger partial charge in [-0.15, -0.1) is 0 Å². The molecule has 2 atom stereocenters. The van der Waals surface area contributed by atoms with Gasteiger partial charge in [-0.1, -0.05) is 106 Å². The van der Waals surface area contributed by atoms with Gasteiger partial charge in [0.05, 0.1) is 0 Å². The molecule has 1 saturated carbocycles. The lowest BCUT2D eigenvalue weighted by Gasteiger charge is -2.48. The fraction of sp³-hybridized carbons (Fsp3) is 0.487. The van der Waals surface area contributed by atoms with Gasteiger partial charge in [-0.05, 0) is 133 Å². The fourth-order valence-corrected chi connectivity index (χ4v) is 8.10. The van der Waals surface area contributed by atoms with Gasteiger partial charge in [0.1, 0.15) is 0 Å². The molecule has 0 nitrogen and oxygen atoms in total. The third-order valence-corrected chi connectivity index (χ3v) is 10.6. The van der Waals surface area contributed by atoms with Crippen molar-refractivity contribution in [3.05, 3.63) is 107 Å². The molecular weight excluding hydrogens is 468 g/mol. The van der Waals surface area contributed by atoms with Crippen molar-refractivity contribution in [1.82, 2.24) is 0 Å². The maximum absolute atomic E-state index is 2.62. The van der Waals surface area contributed by atoms with Crippen molar-refractivity contribution in [1.29, 1.82) is 0 Å². The van der Waals surface area contributed by atoms with Crippen LogP contribution in [0.2, 0.25) is 0 Å². The van der Waals surface area contributed by atoms with Gasteiger partial charge in [0.2, 0.25) is 0 Å². The maximum Gasteiger partial charge on any atom is -0.00881 e. The van der Waals surface area contributed by atoms with Crippen molar-refractivity contribution in [2.75, 3.05) is 0 Å². The van der Waals surface area contributed by atoms with E-state index in [1.165, 1.54) is 74.5 Å². The summed E-state index contributed by atoms with van der Waals surface area (Å²) < 4.78 is 0. The van der Waals surface area contributed by atoms with Crippen LogP contribution in [0.1, 0.15) is 112 Å². The average molecular weight is 519 g/mol. The zero-order valence-electron chi connectivity index (χ0n) is 25.2. The largest absolute Gasteiger partial charge is 0.0882 e. The normalized spacial score (nSPS) is 23.6. The van der Waals surface area contributed by atoms with Crippen molar-refractivity contribution in [2.24, 2.45) is 17.3 Å². The lowest BCUT2D eigenvalue weighted by Crippen LogP contribution is -2.38. The van der Waals surface area contributed by atoms with E-state index in [0.717, 1.165) is 11.8 Å². The maximum atomic E-state index is 2.62. The fourth-order valence-electron chi connectivity index (χ4n) is 8.10. The van der Waals surface area contributed by atoms with Crippen LogP contribution in [0.15, 0.2) is 78.9 Å². The SMILES string of the molecule is CCCCc1c(-c2ccccc2C)ccc(C2CCC=CC2C(C)(C)C2CCC(c3ccccc3)CC2)c1C. The monoisotopic (exact) mass is 518 g/mol. The van der Waals surface area contributed by atoms with E-state index < -0.39 is 0 Å². The highest BCUT2D eigenvalue weighted by molar-refractivity contribution is 5.72. The Balaban J connectivity index is 1.43. The molecule has 0 bridgehead atoms. The second-order valence-corrected chi connectivity index (χ2v) is 13.1. The number of hydrogen-bond acceptors (Lipinski definition) is 0. The van der Waals surface area contributed by atoms with Crippen LogP contribution in [0.5, 0.6) is 0 Å². The summed E-state index contributed by atoms with van der Waals surface area (Å²) in [5, 5.41) is 0. The molecule has 206 valence electrons. The Labute approximate surface area is 239 Å². The van der Waals surface area contributed by atoms with Crippen LogP contribution in [0.25, 0.3) is 11.1 Å². The van der Waals surface area contributed by atoms with E-state index in [9.17, 15) is 0 Å². The molecule has 0 aliphatic heterocycles. The van der Waals surface area contributed by atoms with Crippen LogP contribution in [-0.4, -0.2) is 0 Å². The summed E-state index contributed by atoms with van der Waals surface area (Å²) in [5.41, 5.74) is 10.9. The van der Waals surface area contributed by atoms with Crippen LogP contribution >= 0.6 is 0 Å². The van der Waals surface area contributed by atoms with Crippen molar-refractivity contribution >= 4 is 0 Å². The highest BCUT2D eigenvalue weighted by Crippen LogP contribution is 2.53. The molecular formula is C39H50. The summed E-state index contributed by atoms with van der Waals surface area (Å²) in [6, 6.07) is 25.2. The Morgan fingerprint density at radius 2 is 1.49 bits per heavy atom. The molecule has 0 heterocycles. The minimum absolute atomic E-state index is 0.300. The summed E-state index contributed by atoms with van der Waals surface area (Å²) in [5.74, 6) is 2.75. The average Bonchev–Trinajstić information content (AvgIpc) is 2.97. The van der Waals surface area contributed by atoms with E-state index in [1.54, 1.807) is 22.3 Å². The molecule has 2 aliphatic carbocycles. The lowest BCUT2D eigenvalue weighted by atomic mass is 9.57. The van der Waals surface area contributed by atoms with E-state index >= 15 is 0 Å². The minimum atomic E-state index is 0.300. The molecule has 0 radical (unpaired) electrons. The predicted octanol–water partition coefficient (Wildman–Crippen LogP) is 11.4. The first kappa shape index (κ1) is 27.9. The Morgan fingerprint density at radius 1 is 0.769 bits per heavy atom. The first-order chi connectivity index (χ1) is 18.9. The molecule has 3 aromatic carbocycles. The Kier molecular flexibility index (Phi) is 8.80. The molecule has 1 fully saturated rings. The predicted molar refractivity (Wildman–Crippen MR) is 169 cm³/mol. The molecule has 0 heteroatoms. The molecule has 0 amide bonds. The zero-order chi connectivity index (χ0) is 27.4. The van der Waals surface area contributed by atoms with E-state index in [4.69, 9.17) is 0 Å². The number of aryl methyl sites for hydroxylation is 1. The topological polar surface area (TPSA) is 0 Å². The molecule has 0 saturated heterocycles. The molecule has 39 heavy (non-hydrogen) atoms. The number of benzene rings is 3. The van der Waals surface area contributed by atoms with Crippen molar-refractivity contribution in [3.8, 4) is 11.1 Å². The summed E-state index contributed by atoms with van der Waals surface area (Å²) >= 11 is 0. The van der Waals surface area contributed by atoms with Crippen molar-refractivity contribution in [3.63, 3.8) is 0 Å². The second kappa shape index (κ2) is 12.3. The lowest BCUT2D eigenvalue weighted by molar-refractivity contribution is 0.0818. The summed E-state index contributed by atoms with van der Waals surface area (Å²) in [6.07, 6.45) is 16.7. The third-order valence-electron chi connectivity index (χ3n) is 10.6. The van der Waals surface area contributed by atoms with E-state index in [2.05, 4.69) is 114 Å². The third kappa shape index (κ3) is 5.82. The minimum Gasteiger partial charge on any atom is -0.0882 e. The smallest absolute Gasteiger partial charge is 0.00881 e. The van der Waals surface area contributed by atoms with Gasteiger partial charge >= 0.3 is 0 Å². The Hall–Kier alpha value is -2.60. The first-order valence-electron chi connectivity index (χ1n) is 15.8. The number of hydrogen-bond donors (Lipinski definition) is 0. The highest BCUT2D eigenvalue weighted by Gasteiger charge is 2.43. The van der Waals surface area contributed by atoms with Gasteiger partial charge in [0, 0.05) is 0 Å². The van der Waals surface area contributed by atoms with Crippen LogP contribution in [0, 0.1) is 31.1 Å². The molecule has 2 unspecified atom stereocenters. The number of allylic oxidation sites excluding steroid dienone is 2. The standard InChI is InChI=1S/C39H50/c1-6-7-18-34-29(3)35(26-27-36(34)33-19-12-11-15-28(33)2)37-20-13-14-21-38(37)39(4,5)32-24-22-31(23-25-32)30-16-9-8-10-17-30/h8-12,14-17,19,21,26-27,31-32,37-38H,6-7,13,18,20,22-25H2,1-5H3. The number of rotatable bonds is 8. The number of unbranched alkanes of at least 4 members (excludes halogenated alkanes) is 1. The summed E-state index contributed by atoms with van der Waals surface area (Å²) in [6.45, 7) is 12.2. The molecule has 0 aromatic heterocycles. The van der Waals surface area contributed by atoms with E-state index in [0.29, 0.717) is 17.3 Å². The van der Waals surface area contributed by atoms with Gasteiger partial charge in [-0.3, -0.25) is 0 Å². The first-order valence-corrected chi connectivity index (χ1v) is 15.8. The molecule has 3 aromatic rings. The molecule has 2 aliphatic rings. The van der Waals surface area contributed by atoms with Crippen LogP contribution in [-0.2, 0) is 6.42 Å². The van der Waals surface area contributed by atoms with Gasteiger partial charge in [-0.2, -0.15) is 0 Å². The zero-order valence-corrected chi connectivity index (χ0v) is 25.2. The van der Waals surface area contributed by atoms with E-state index in [-0.39, 0.29) is 0 Å². The van der Waals surface area contributed by atoms with Gasteiger partial charge < -0.3 is 0 Å². The van der Waals surface area contributed by atoms with Gasteiger partial charge in [0.25, 0.3) is 0 Å². The van der Waals surface area contributed by atoms with Gasteiger partial charge in [0.15, 0.2) is 0 Å². The second-order valence-electron chi connectivity index (χ2n) is 13.1. The van der Waals surface area contributed by atoms with Gasteiger partial charge in [-0.25, -0.2) is 0 Å². The molecule has 5 rings (SSSR count). The van der Waals surface area contributed by atoms with Crippen LogP contribution < -0.4 is 0 Å². The van der Waals surface area contributed by atoms with Crippen LogP contribution in [0.3, 0.4) is 0 Å². The highest BCUT2D eigenvalue weighted by atomic mass is 14.5. The quantitative estimate of drug-likeness (QED) is 0.260.